The van der Waals surface area contributed by atoms with Gasteiger partial charge in [0.15, 0.2) is 0 Å². The van der Waals surface area contributed by atoms with Crippen LogP contribution < -0.4 is 4.72 Å². The summed E-state index contributed by atoms with van der Waals surface area (Å²) in [5, 5.41) is 9.22. The number of carbonyl (C=O) groups is 1. The van der Waals surface area contributed by atoms with Crippen LogP contribution in [-0.4, -0.2) is 30.5 Å². The van der Waals surface area contributed by atoms with Crippen LogP contribution in [0.1, 0.15) is 6.92 Å². The standard InChI is InChI=1S/C12H12N2O4S/c1-8(12(15)16)14-19(17,18)11-6-2-5-10-9(11)4-3-7-13-10/h2-8,14H,1H3,(H,15,16)/t8-/m1/s1. The molecule has 0 aliphatic carbocycles. The Morgan fingerprint density at radius 1 is 1.32 bits per heavy atom. The van der Waals surface area contributed by atoms with E-state index < -0.39 is 22.0 Å². The number of carboxylic acid groups (broad SMARTS) is 1. The minimum Gasteiger partial charge on any atom is -0.480 e. The van der Waals surface area contributed by atoms with Gasteiger partial charge < -0.3 is 5.11 Å². The molecule has 0 radical (unpaired) electrons. The van der Waals surface area contributed by atoms with Crippen LogP contribution in [0.25, 0.3) is 10.9 Å². The number of carboxylic acids is 1. The highest BCUT2D eigenvalue weighted by molar-refractivity contribution is 7.89. The molecular formula is C12H12N2O4S. The number of rotatable bonds is 4. The van der Waals surface area contributed by atoms with Gasteiger partial charge in [0.2, 0.25) is 10.0 Å². The minimum atomic E-state index is -3.90. The van der Waals surface area contributed by atoms with E-state index in [0.29, 0.717) is 10.9 Å². The van der Waals surface area contributed by atoms with E-state index in [4.69, 9.17) is 5.11 Å². The highest BCUT2D eigenvalue weighted by atomic mass is 32.2. The van der Waals surface area contributed by atoms with Crippen LogP contribution in [0.15, 0.2) is 41.4 Å². The molecule has 2 N–H and O–H groups in total. The predicted molar refractivity (Wildman–Crippen MR) is 69.2 cm³/mol. The summed E-state index contributed by atoms with van der Waals surface area (Å²) in [7, 11) is -3.90. The zero-order valence-corrected chi connectivity index (χ0v) is 10.9. The van der Waals surface area contributed by atoms with Crippen molar-refractivity contribution in [2.24, 2.45) is 0 Å². The van der Waals surface area contributed by atoms with Gasteiger partial charge in [0, 0.05) is 11.6 Å². The highest BCUT2D eigenvalue weighted by Gasteiger charge is 2.23. The van der Waals surface area contributed by atoms with Crippen LogP contribution >= 0.6 is 0 Å². The molecule has 0 fully saturated rings. The number of hydrogen-bond acceptors (Lipinski definition) is 4. The highest BCUT2D eigenvalue weighted by Crippen LogP contribution is 2.21. The molecule has 100 valence electrons. The van der Waals surface area contributed by atoms with Crippen LogP contribution in [0.4, 0.5) is 0 Å². The monoisotopic (exact) mass is 280 g/mol. The average Bonchev–Trinajstić information content (AvgIpc) is 2.37. The van der Waals surface area contributed by atoms with Gasteiger partial charge in [0.25, 0.3) is 0 Å². The Morgan fingerprint density at radius 2 is 2.05 bits per heavy atom. The quantitative estimate of drug-likeness (QED) is 0.870. The van der Waals surface area contributed by atoms with Crippen molar-refractivity contribution in [1.82, 2.24) is 9.71 Å². The number of sulfonamides is 1. The molecule has 1 aromatic heterocycles. The van der Waals surface area contributed by atoms with Gasteiger partial charge in [0.1, 0.15) is 6.04 Å². The summed E-state index contributed by atoms with van der Waals surface area (Å²) in [4.78, 5) is 14.8. The van der Waals surface area contributed by atoms with Crippen molar-refractivity contribution in [2.45, 2.75) is 17.9 Å². The molecule has 1 heterocycles. The van der Waals surface area contributed by atoms with E-state index in [1.807, 2.05) is 0 Å². The molecule has 0 aliphatic heterocycles. The molecule has 0 spiro atoms. The smallest absolute Gasteiger partial charge is 0.321 e. The number of aliphatic carboxylic acids is 1. The number of nitrogens with one attached hydrogen (secondary N) is 1. The fraction of sp³-hybridized carbons (Fsp3) is 0.167. The number of hydrogen-bond donors (Lipinski definition) is 2. The van der Waals surface area contributed by atoms with Crippen molar-refractivity contribution >= 4 is 26.9 Å². The number of pyridine rings is 1. The van der Waals surface area contributed by atoms with Crippen molar-refractivity contribution in [3.05, 3.63) is 36.5 Å². The molecular weight excluding hydrogens is 268 g/mol. The largest absolute Gasteiger partial charge is 0.480 e. The van der Waals surface area contributed by atoms with Gasteiger partial charge in [-0.3, -0.25) is 9.78 Å². The van der Waals surface area contributed by atoms with Gasteiger partial charge in [-0.05, 0) is 31.2 Å². The molecule has 2 rings (SSSR count). The molecule has 0 unspecified atom stereocenters. The van der Waals surface area contributed by atoms with E-state index in [2.05, 4.69) is 9.71 Å². The second kappa shape index (κ2) is 4.94. The van der Waals surface area contributed by atoms with Gasteiger partial charge in [-0.2, -0.15) is 4.72 Å². The number of fused-ring (bicyclic) bond motifs is 1. The molecule has 0 saturated carbocycles. The molecule has 0 aliphatic rings. The molecule has 0 amide bonds. The molecule has 1 atom stereocenters. The van der Waals surface area contributed by atoms with E-state index in [-0.39, 0.29) is 4.90 Å². The summed E-state index contributed by atoms with van der Waals surface area (Å²) in [6, 6.07) is 6.73. The third-order valence-corrected chi connectivity index (χ3v) is 4.20. The lowest BCUT2D eigenvalue weighted by Gasteiger charge is -2.11. The molecule has 7 heteroatoms. The Hall–Kier alpha value is -1.99. The summed E-state index contributed by atoms with van der Waals surface area (Å²) in [5.41, 5.74) is 0.536. The first-order chi connectivity index (χ1) is 8.92. The zero-order chi connectivity index (χ0) is 14.0. The van der Waals surface area contributed by atoms with Gasteiger partial charge >= 0.3 is 5.97 Å². The normalized spacial score (nSPS) is 13.3. The van der Waals surface area contributed by atoms with Crippen molar-refractivity contribution < 1.29 is 18.3 Å². The Bertz CT molecular complexity index is 722. The van der Waals surface area contributed by atoms with Crippen LogP contribution in [0.3, 0.4) is 0 Å². The third kappa shape index (κ3) is 2.72. The lowest BCUT2D eigenvalue weighted by Crippen LogP contribution is -2.38. The maximum Gasteiger partial charge on any atom is 0.321 e. The van der Waals surface area contributed by atoms with E-state index in [1.54, 1.807) is 30.5 Å². The van der Waals surface area contributed by atoms with E-state index >= 15 is 0 Å². The van der Waals surface area contributed by atoms with Crippen LogP contribution in [0.5, 0.6) is 0 Å². The first-order valence-corrected chi connectivity index (χ1v) is 6.99. The fourth-order valence-electron chi connectivity index (χ4n) is 1.66. The Balaban J connectivity index is 2.52. The minimum absolute atomic E-state index is 0.0196. The predicted octanol–water partition coefficient (Wildman–Crippen LogP) is 0.986. The summed E-state index contributed by atoms with van der Waals surface area (Å²) in [6.45, 7) is 1.27. The van der Waals surface area contributed by atoms with Crippen molar-refractivity contribution in [3.8, 4) is 0 Å². The lowest BCUT2D eigenvalue weighted by molar-refractivity contribution is -0.138. The van der Waals surface area contributed by atoms with E-state index in [9.17, 15) is 13.2 Å². The summed E-state index contributed by atoms with van der Waals surface area (Å²) in [6.07, 6.45) is 1.56. The molecule has 2 aromatic rings. The second-order valence-corrected chi connectivity index (χ2v) is 5.69. The van der Waals surface area contributed by atoms with Gasteiger partial charge in [-0.1, -0.05) is 6.07 Å². The Kier molecular flexibility index (Phi) is 3.50. The lowest BCUT2D eigenvalue weighted by atomic mass is 10.2. The maximum absolute atomic E-state index is 12.2. The molecule has 19 heavy (non-hydrogen) atoms. The topological polar surface area (TPSA) is 96.4 Å². The Labute approximate surface area is 110 Å². The second-order valence-electron chi connectivity index (χ2n) is 4.01. The summed E-state index contributed by atoms with van der Waals surface area (Å²) in [5.74, 6) is -1.23. The number of aromatic nitrogens is 1. The van der Waals surface area contributed by atoms with Crippen LogP contribution in [0.2, 0.25) is 0 Å². The molecule has 0 saturated heterocycles. The Morgan fingerprint density at radius 3 is 2.74 bits per heavy atom. The van der Waals surface area contributed by atoms with E-state index in [0.717, 1.165) is 0 Å². The first-order valence-electron chi connectivity index (χ1n) is 5.51. The SMILES string of the molecule is C[C@@H](NS(=O)(=O)c1cccc2ncccc12)C(=O)O. The van der Waals surface area contributed by atoms with Gasteiger partial charge in [-0.15, -0.1) is 0 Å². The van der Waals surface area contributed by atoms with Crippen molar-refractivity contribution in [3.63, 3.8) is 0 Å². The summed E-state index contributed by atoms with van der Waals surface area (Å²) < 4.78 is 26.4. The van der Waals surface area contributed by atoms with Gasteiger partial charge in [0.05, 0.1) is 10.4 Å². The number of benzene rings is 1. The zero-order valence-electron chi connectivity index (χ0n) is 10.1. The molecule has 6 nitrogen and oxygen atoms in total. The van der Waals surface area contributed by atoms with E-state index in [1.165, 1.54) is 13.0 Å². The summed E-state index contributed by atoms with van der Waals surface area (Å²) >= 11 is 0. The molecule has 0 bridgehead atoms. The van der Waals surface area contributed by atoms with Crippen molar-refractivity contribution in [1.29, 1.82) is 0 Å². The fourth-order valence-corrected chi connectivity index (χ4v) is 3.07. The first kappa shape index (κ1) is 13.4. The average molecular weight is 280 g/mol. The maximum atomic E-state index is 12.2. The van der Waals surface area contributed by atoms with Crippen LogP contribution in [-0.2, 0) is 14.8 Å². The third-order valence-electron chi connectivity index (χ3n) is 2.60. The number of nitrogens with zero attached hydrogens (tertiary/aromatic N) is 1. The van der Waals surface area contributed by atoms with Crippen LogP contribution in [0, 0.1) is 0 Å². The molecule has 1 aromatic carbocycles. The van der Waals surface area contributed by atoms with Crippen molar-refractivity contribution in [2.75, 3.05) is 0 Å². The van der Waals surface area contributed by atoms with Gasteiger partial charge in [-0.25, -0.2) is 8.42 Å².